The molecule has 0 aliphatic heterocycles. The van der Waals surface area contributed by atoms with Crippen molar-refractivity contribution in [1.82, 2.24) is 10.3 Å². The van der Waals surface area contributed by atoms with Crippen molar-refractivity contribution < 1.29 is 14.0 Å². The Morgan fingerprint density at radius 1 is 1.27 bits per heavy atom. The van der Waals surface area contributed by atoms with Gasteiger partial charge in [-0.3, -0.25) is 9.59 Å². The summed E-state index contributed by atoms with van der Waals surface area (Å²) in [7, 11) is 0. The van der Waals surface area contributed by atoms with Crippen molar-refractivity contribution in [2.45, 2.75) is 13.3 Å². The van der Waals surface area contributed by atoms with Gasteiger partial charge in [0, 0.05) is 10.2 Å². The third-order valence-corrected chi connectivity index (χ3v) is 5.26. The fraction of sp³-hybridized carbons (Fsp3) is 0.167. The number of nitrogens with zero attached hydrogens (tertiary/aromatic N) is 1. The molecule has 8 heteroatoms. The maximum absolute atomic E-state index is 12.0. The average molecular weight is 434 g/mol. The lowest BCUT2D eigenvalue weighted by atomic mass is 10.2. The summed E-state index contributed by atoms with van der Waals surface area (Å²) in [5.41, 5.74) is 2.22. The van der Waals surface area contributed by atoms with E-state index in [4.69, 9.17) is 4.42 Å². The summed E-state index contributed by atoms with van der Waals surface area (Å²) in [5, 5.41) is 7.25. The molecule has 2 N–H and O–H groups in total. The van der Waals surface area contributed by atoms with E-state index in [1.54, 1.807) is 6.07 Å². The van der Waals surface area contributed by atoms with Crippen molar-refractivity contribution >= 4 is 44.8 Å². The first-order chi connectivity index (χ1) is 12.5. The summed E-state index contributed by atoms with van der Waals surface area (Å²) in [6, 6.07) is 9.31. The molecule has 2 amide bonds. The highest BCUT2D eigenvalue weighted by molar-refractivity contribution is 9.10. The Kier molecular flexibility index (Phi) is 5.85. The van der Waals surface area contributed by atoms with Crippen LogP contribution in [-0.4, -0.2) is 23.3 Å². The molecule has 3 rings (SSSR count). The second-order valence-corrected chi connectivity index (χ2v) is 7.39. The molecular weight excluding hydrogens is 418 g/mol. The molecule has 3 aromatic rings. The minimum atomic E-state index is -0.293. The van der Waals surface area contributed by atoms with Crippen LogP contribution in [0.2, 0.25) is 0 Å². The summed E-state index contributed by atoms with van der Waals surface area (Å²) in [6.07, 6.45) is 1.51. The molecule has 0 unspecified atom stereocenters. The lowest BCUT2D eigenvalue weighted by Crippen LogP contribution is -2.33. The van der Waals surface area contributed by atoms with E-state index in [-0.39, 0.29) is 24.8 Å². The van der Waals surface area contributed by atoms with E-state index < -0.39 is 0 Å². The van der Waals surface area contributed by atoms with Crippen molar-refractivity contribution in [3.63, 3.8) is 0 Å². The Morgan fingerprint density at radius 2 is 2.12 bits per heavy atom. The molecule has 2 aromatic heterocycles. The molecule has 0 atom stereocenters. The van der Waals surface area contributed by atoms with Gasteiger partial charge in [-0.05, 0) is 42.1 Å². The Morgan fingerprint density at radius 3 is 2.85 bits per heavy atom. The largest absolute Gasteiger partial charge is 0.444 e. The highest BCUT2D eigenvalue weighted by Crippen LogP contribution is 2.23. The molecule has 0 spiro atoms. The summed E-state index contributed by atoms with van der Waals surface area (Å²) in [5.74, 6) is -0.0937. The van der Waals surface area contributed by atoms with Crippen LogP contribution < -0.4 is 10.6 Å². The maximum Gasteiger partial charge on any atom is 0.243 e. The van der Waals surface area contributed by atoms with E-state index in [1.165, 1.54) is 17.6 Å². The molecule has 0 aliphatic carbocycles. The first-order valence-electron chi connectivity index (χ1n) is 7.82. The SMILES string of the molecule is Cc1cc(NC(=O)CNC(=O)Cc2coc(-c3cccs3)n2)ccc1Br. The quantitative estimate of drug-likeness (QED) is 0.619. The van der Waals surface area contributed by atoms with Crippen LogP contribution in [0.3, 0.4) is 0 Å². The Hall–Kier alpha value is -2.45. The molecule has 0 radical (unpaired) electrons. The number of thiophene rings is 1. The van der Waals surface area contributed by atoms with Crippen LogP contribution in [0.15, 0.2) is 50.9 Å². The summed E-state index contributed by atoms with van der Waals surface area (Å²) in [6.45, 7) is 1.83. The lowest BCUT2D eigenvalue weighted by molar-refractivity contribution is -0.123. The Labute approximate surface area is 162 Å². The van der Waals surface area contributed by atoms with Crippen molar-refractivity contribution in [2.75, 3.05) is 11.9 Å². The molecule has 0 fully saturated rings. The van der Waals surface area contributed by atoms with Crippen molar-refractivity contribution in [2.24, 2.45) is 0 Å². The summed E-state index contributed by atoms with van der Waals surface area (Å²) < 4.78 is 6.34. The number of anilines is 1. The average Bonchev–Trinajstić information content (AvgIpc) is 3.28. The molecule has 6 nitrogen and oxygen atoms in total. The summed E-state index contributed by atoms with van der Waals surface area (Å²) in [4.78, 5) is 29.1. The Balaban J connectivity index is 1.47. The van der Waals surface area contributed by atoms with E-state index in [0.29, 0.717) is 17.3 Å². The molecule has 0 saturated heterocycles. The van der Waals surface area contributed by atoms with Gasteiger partial charge in [0.2, 0.25) is 17.7 Å². The van der Waals surface area contributed by atoms with Crippen LogP contribution in [-0.2, 0) is 16.0 Å². The molecular formula is C18H16BrN3O3S. The number of aromatic nitrogens is 1. The van der Waals surface area contributed by atoms with Crippen molar-refractivity contribution in [3.05, 3.63) is 57.7 Å². The number of hydrogen-bond acceptors (Lipinski definition) is 5. The number of halogens is 1. The fourth-order valence-electron chi connectivity index (χ4n) is 2.24. The minimum absolute atomic E-state index is 0.0551. The van der Waals surface area contributed by atoms with Crippen LogP contribution >= 0.6 is 27.3 Å². The van der Waals surface area contributed by atoms with Gasteiger partial charge in [-0.2, -0.15) is 0 Å². The van der Waals surface area contributed by atoms with E-state index in [2.05, 4.69) is 31.5 Å². The predicted octanol–water partition coefficient (Wildman–Crippen LogP) is 3.77. The second-order valence-electron chi connectivity index (χ2n) is 5.59. The normalized spacial score (nSPS) is 10.5. The highest BCUT2D eigenvalue weighted by atomic mass is 79.9. The molecule has 0 saturated carbocycles. The van der Waals surface area contributed by atoms with Gasteiger partial charge in [-0.25, -0.2) is 4.98 Å². The van der Waals surface area contributed by atoms with Crippen LogP contribution in [0, 0.1) is 6.92 Å². The molecule has 26 heavy (non-hydrogen) atoms. The first kappa shape index (κ1) is 18.3. The summed E-state index contributed by atoms with van der Waals surface area (Å²) >= 11 is 4.92. The standard InChI is InChI=1S/C18H16BrN3O3S/c1-11-7-12(4-5-14(11)19)21-17(24)9-20-16(23)8-13-10-25-18(22-13)15-3-2-6-26-15/h2-7,10H,8-9H2,1H3,(H,20,23)(H,21,24). The second kappa shape index (κ2) is 8.29. The molecule has 134 valence electrons. The molecule has 1 aromatic carbocycles. The highest BCUT2D eigenvalue weighted by Gasteiger charge is 2.12. The number of nitrogens with one attached hydrogen (secondary N) is 2. The van der Waals surface area contributed by atoms with Gasteiger partial charge < -0.3 is 15.1 Å². The smallest absolute Gasteiger partial charge is 0.243 e. The van der Waals surface area contributed by atoms with Gasteiger partial charge in [0.15, 0.2) is 0 Å². The molecule has 0 aliphatic rings. The zero-order chi connectivity index (χ0) is 18.5. The molecule has 2 heterocycles. The number of oxazole rings is 1. The van der Waals surface area contributed by atoms with E-state index >= 15 is 0 Å². The number of carbonyl (C=O) groups is 2. The number of hydrogen-bond donors (Lipinski definition) is 2. The van der Waals surface area contributed by atoms with E-state index in [0.717, 1.165) is 14.9 Å². The minimum Gasteiger partial charge on any atom is -0.444 e. The van der Waals surface area contributed by atoms with Crippen LogP contribution in [0.5, 0.6) is 0 Å². The van der Waals surface area contributed by atoms with Crippen LogP contribution in [0.4, 0.5) is 5.69 Å². The first-order valence-corrected chi connectivity index (χ1v) is 9.49. The van der Waals surface area contributed by atoms with E-state index in [9.17, 15) is 9.59 Å². The monoisotopic (exact) mass is 433 g/mol. The van der Waals surface area contributed by atoms with Crippen molar-refractivity contribution in [3.8, 4) is 10.8 Å². The van der Waals surface area contributed by atoms with Crippen LogP contribution in [0.1, 0.15) is 11.3 Å². The van der Waals surface area contributed by atoms with Gasteiger partial charge in [0.25, 0.3) is 0 Å². The lowest BCUT2D eigenvalue weighted by Gasteiger charge is -2.08. The van der Waals surface area contributed by atoms with E-state index in [1.807, 2.05) is 36.6 Å². The van der Waals surface area contributed by atoms with Gasteiger partial charge >= 0.3 is 0 Å². The van der Waals surface area contributed by atoms with Gasteiger partial charge in [-0.15, -0.1) is 11.3 Å². The van der Waals surface area contributed by atoms with Gasteiger partial charge in [0.05, 0.1) is 23.5 Å². The maximum atomic E-state index is 12.0. The third kappa shape index (κ3) is 4.80. The predicted molar refractivity (Wildman–Crippen MR) is 104 cm³/mol. The van der Waals surface area contributed by atoms with Gasteiger partial charge in [-0.1, -0.05) is 22.0 Å². The number of rotatable bonds is 6. The van der Waals surface area contributed by atoms with Crippen molar-refractivity contribution in [1.29, 1.82) is 0 Å². The fourth-order valence-corrected chi connectivity index (χ4v) is 3.14. The topological polar surface area (TPSA) is 84.2 Å². The number of benzene rings is 1. The Bertz CT molecular complexity index is 922. The zero-order valence-corrected chi connectivity index (χ0v) is 16.3. The zero-order valence-electron chi connectivity index (χ0n) is 13.9. The van der Waals surface area contributed by atoms with Gasteiger partial charge in [0.1, 0.15) is 6.26 Å². The third-order valence-electron chi connectivity index (χ3n) is 3.51. The molecule has 0 bridgehead atoms. The van der Waals surface area contributed by atoms with Crippen LogP contribution in [0.25, 0.3) is 10.8 Å². The number of amides is 2. The number of aryl methyl sites for hydroxylation is 1. The number of carbonyl (C=O) groups excluding carboxylic acids is 2.